The predicted octanol–water partition coefficient (Wildman–Crippen LogP) is 1.79. The fourth-order valence-electron chi connectivity index (χ4n) is 4.45. The van der Waals surface area contributed by atoms with Crippen LogP contribution in [-0.4, -0.2) is 66.4 Å². The van der Waals surface area contributed by atoms with Crippen molar-refractivity contribution < 1.29 is 9.59 Å². The lowest BCUT2D eigenvalue weighted by Gasteiger charge is -2.23. The minimum Gasteiger partial charge on any atom is -0.345 e. The predicted molar refractivity (Wildman–Crippen MR) is 149 cm³/mol. The van der Waals surface area contributed by atoms with Crippen LogP contribution < -0.4 is 22.5 Å². The van der Waals surface area contributed by atoms with Crippen molar-refractivity contribution >= 4 is 22.6 Å². The number of nitrogens with one attached hydrogen (secondary N) is 1. The zero-order chi connectivity index (χ0) is 26.5. The number of hydrogen-bond donors (Lipinski definition) is 4. The molecule has 0 saturated carbocycles. The Morgan fingerprint density at radius 3 is 2.32 bits per heavy atom. The van der Waals surface area contributed by atoms with E-state index in [0.717, 1.165) is 48.1 Å². The molecule has 0 bridgehead atoms. The molecule has 198 valence electrons. The second-order valence-corrected chi connectivity index (χ2v) is 9.43. The van der Waals surface area contributed by atoms with Gasteiger partial charge in [-0.2, -0.15) is 0 Å². The van der Waals surface area contributed by atoms with E-state index >= 15 is 0 Å². The molecule has 0 aliphatic carbocycles. The van der Waals surface area contributed by atoms with E-state index in [9.17, 15) is 9.59 Å². The highest BCUT2D eigenvalue weighted by Crippen LogP contribution is 2.15. The quantitative estimate of drug-likeness (QED) is 0.233. The largest absolute Gasteiger partial charge is 0.345 e. The smallest absolute Gasteiger partial charge is 0.237 e. The van der Waals surface area contributed by atoms with Gasteiger partial charge in [0, 0.05) is 44.2 Å². The molecule has 0 unspecified atom stereocenters. The van der Waals surface area contributed by atoms with Crippen LogP contribution in [0.3, 0.4) is 0 Å². The molecule has 1 heterocycles. The molecule has 0 radical (unpaired) electrons. The van der Waals surface area contributed by atoms with Crippen LogP contribution in [0.25, 0.3) is 10.9 Å². The number of aromatic nitrogens is 1. The Morgan fingerprint density at radius 1 is 0.892 bits per heavy atom. The molecule has 2 atom stereocenters. The van der Waals surface area contributed by atoms with Crippen molar-refractivity contribution in [2.75, 3.05) is 32.7 Å². The lowest BCUT2D eigenvalue weighted by Crippen LogP contribution is -2.49. The first-order valence-electron chi connectivity index (χ1n) is 13.1. The number of hydrogen-bond acceptors (Lipinski definition) is 7. The van der Waals surface area contributed by atoms with E-state index in [1.165, 1.54) is 0 Å². The second kappa shape index (κ2) is 15.2. The third-order valence-electron chi connectivity index (χ3n) is 6.51. The number of rotatable bonds is 16. The fraction of sp³-hybridized carbons (Fsp3) is 0.414. The Labute approximate surface area is 219 Å². The lowest BCUT2D eigenvalue weighted by atomic mass is 9.97. The van der Waals surface area contributed by atoms with Crippen molar-refractivity contribution in [3.05, 3.63) is 78.0 Å². The summed E-state index contributed by atoms with van der Waals surface area (Å²) >= 11 is 0. The lowest BCUT2D eigenvalue weighted by molar-refractivity contribution is -0.128. The normalized spacial score (nSPS) is 13.0. The number of Topliss-reactive ketones (excluding diaryl/α,β-unsaturated/α-hetero) is 1. The highest BCUT2D eigenvalue weighted by molar-refractivity contribution is 5.92. The summed E-state index contributed by atoms with van der Waals surface area (Å²) in [6.45, 7) is 3.42. The molecule has 37 heavy (non-hydrogen) atoms. The van der Waals surface area contributed by atoms with Gasteiger partial charge in [-0.1, -0.05) is 48.5 Å². The Balaban J connectivity index is 1.62. The maximum Gasteiger partial charge on any atom is 0.237 e. The van der Waals surface area contributed by atoms with Crippen LogP contribution in [-0.2, 0) is 22.4 Å². The molecule has 0 spiro atoms. The van der Waals surface area contributed by atoms with Gasteiger partial charge in [0.15, 0.2) is 5.78 Å². The molecule has 0 aliphatic rings. The van der Waals surface area contributed by atoms with Gasteiger partial charge in [-0.05, 0) is 55.5 Å². The van der Waals surface area contributed by atoms with Gasteiger partial charge in [0.05, 0.1) is 17.6 Å². The van der Waals surface area contributed by atoms with E-state index in [1.54, 1.807) is 6.20 Å². The highest BCUT2D eigenvalue weighted by Gasteiger charge is 2.24. The molecule has 2 aromatic carbocycles. The van der Waals surface area contributed by atoms with Gasteiger partial charge in [-0.15, -0.1) is 0 Å². The van der Waals surface area contributed by atoms with Crippen LogP contribution >= 0.6 is 0 Å². The van der Waals surface area contributed by atoms with Gasteiger partial charge in [0.2, 0.25) is 5.91 Å². The third-order valence-corrected chi connectivity index (χ3v) is 6.51. The number of ketones is 1. The van der Waals surface area contributed by atoms with Gasteiger partial charge < -0.3 is 27.4 Å². The van der Waals surface area contributed by atoms with Crippen LogP contribution in [0.2, 0.25) is 0 Å². The topological polar surface area (TPSA) is 140 Å². The molecular formula is C29H40N6O2. The molecule has 0 saturated heterocycles. The van der Waals surface area contributed by atoms with E-state index < -0.39 is 12.1 Å². The van der Waals surface area contributed by atoms with E-state index in [4.69, 9.17) is 17.2 Å². The summed E-state index contributed by atoms with van der Waals surface area (Å²) in [6, 6.07) is 18.4. The average Bonchev–Trinajstić information content (AvgIpc) is 2.91. The average molecular weight is 505 g/mol. The first-order chi connectivity index (χ1) is 18.0. The summed E-state index contributed by atoms with van der Waals surface area (Å²) in [5.41, 5.74) is 20.4. The highest BCUT2D eigenvalue weighted by atomic mass is 16.2. The first-order valence-corrected chi connectivity index (χ1v) is 13.1. The number of nitrogens with zero attached hydrogens (tertiary/aromatic N) is 2. The van der Waals surface area contributed by atoms with Gasteiger partial charge in [0.1, 0.15) is 0 Å². The van der Waals surface area contributed by atoms with Crippen LogP contribution in [0.4, 0.5) is 0 Å². The van der Waals surface area contributed by atoms with E-state index in [0.29, 0.717) is 32.4 Å². The molecule has 3 rings (SSSR count). The molecular weight excluding hydrogens is 464 g/mol. The summed E-state index contributed by atoms with van der Waals surface area (Å²) < 4.78 is 0. The fourth-order valence-corrected chi connectivity index (χ4v) is 4.45. The molecule has 0 aliphatic heterocycles. The minimum atomic E-state index is -0.688. The van der Waals surface area contributed by atoms with Crippen molar-refractivity contribution in [3.8, 4) is 0 Å². The first kappa shape index (κ1) is 28.4. The summed E-state index contributed by atoms with van der Waals surface area (Å²) in [7, 11) is 0. The number of pyridine rings is 1. The van der Waals surface area contributed by atoms with Crippen LogP contribution in [0, 0.1) is 0 Å². The summed E-state index contributed by atoms with van der Waals surface area (Å²) in [5.74, 6) is -0.349. The van der Waals surface area contributed by atoms with Gasteiger partial charge >= 0.3 is 0 Å². The van der Waals surface area contributed by atoms with E-state index in [-0.39, 0.29) is 18.1 Å². The standard InChI is InChI=1S/C29H40N6O2/c30-14-17-35(18-15-31)16-6-10-25(32)29(37)34-27(13-12-22-7-2-1-3-8-22)28(36)20-23-19-24-9-4-5-11-26(24)33-21-23/h1-5,7-9,11,19,21,25,27H,6,10,12-18,20,30-32H2,(H,34,37)/t25-,27+/m0/s1. The number of nitrogens with two attached hydrogens (primary N) is 3. The van der Waals surface area contributed by atoms with Gasteiger partial charge in [0.25, 0.3) is 0 Å². The number of carbonyl (C=O) groups excluding carboxylic acids is 2. The summed E-state index contributed by atoms with van der Waals surface area (Å²) in [5, 5.41) is 3.93. The molecule has 7 N–H and O–H groups in total. The monoisotopic (exact) mass is 504 g/mol. The van der Waals surface area contributed by atoms with Crippen LogP contribution in [0.1, 0.15) is 30.4 Å². The van der Waals surface area contributed by atoms with E-state index in [2.05, 4.69) is 15.2 Å². The molecule has 8 nitrogen and oxygen atoms in total. The third kappa shape index (κ3) is 9.33. The van der Waals surface area contributed by atoms with Crippen molar-refractivity contribution in [3.63, 3.8) is 0 Å². The Morgan fingerprint density at radius 2 is 1.59 bits per heavy atom. The van der Waals surface area contributed by atoms with Crippen LogP contribution in [0.15, 0.2) is 66.9 Å². The molecule has 0 fully saturated rings. The maximum absolute atomic E-state index is 13.4. The number of amides is 1. The Kier molecular flexibility index (Phi) is 11.6. The Bertz CT molecular complexity index is 1120. The number of aryl methyl sites for hydroxylation is 1. The zero-order valence-electron chi connectivity index (χ0n) is 21.5. The van der Waals surface area contributed by atoms with Gasteiger partial charge in [-0.25, -0.2) is 0 Å². The number of para-hydroxylation sites is 1. The molecule has 3 aromatic rings. The van der Waals surface area contributed by atoms with Crippen molar-refractivity contribution in [2.45, 2.75) is 44.2 Å². The molecule has 8 heteroatoms. The minimum absolute atomic E-state index is 0.0503. The van der Waals surface area contributed by atoms with Crippen molar-refractivity contribution in [2.24, 2.45) is 17.2 Å². The van der Waals surface area contributed by atoms with E-state index in [1.807, 2.05) is 60.7 Å². The molecule has 1 aromatic heterocycles. The number of benzene rings is 2. The second-order valence-electron chi connectivity index (χ2n) is 9.43. The maximum atomic E-state index is 13.4. The molecule has 1 amide bonds. The number of fused-ring (bicyclic) bond motifs is 1. The van der Waals surface area contributed by atoms with Crippen molar-refractivity contribution in [1.29, 1.82) is 0 Å². The zero-order valence-corrected chi connectivity index (χ0v) is 21.5. The Hall–Kier alpha value is -3.17. The summed E-state index contributed by atoms with van der Waals surface area (Å²) in [4.78, 5) is 33.0. The van der Waals surface area contributed by atoms with Crippen LogP contribution in [0.5, 0.6) is 0 Å². The van der Waals surface area contributed by atoms with Crippen molar-refractivity contribution in [1.82, 2.24) is 15.2 Å². The summed E-state index contributed by atoms with van der Waals surface area (Å²) in [6.07, 6.45) is 4.38. The number of carbonyl (C=O) groups is 2. The van der Waals surface area contributed by atoms with Gasteiger partial charge in [-0.3, -0.25) is 14.6 Å². The SMILES string of the molecule is NCCN(CCN)CCC[C@H](N)C(=O)N[C@H](CCc1ccccc1)C(=O)Cc1cnc2ccccc2c1.